The van der Waals surface area contributed by atoms with Gasteiger partial charge in [0.25, 0.3) is 5.56 Å². The minimum absolute atomic E-state index is 0.123. The van der Waals surface area contributed by atoms with Gasteiger partial charge in [0.2, 0.25) is 0 Å². The molecule has 1 saturated carbocycles. The highest BCUT2D eigenvalue weighted by Crippen LogP contribution is 2.39. The molecule has 0 saturated heterocycles. The van der Waals surface area contributed by atoms with Crippen molar-refractivity contribution in [2.24, 2.45) is 13.0 Å². The van der Waals surface area contributed by atoms with E-state index in [1.165, 1.54) is 4.57 Å². The molecule has 1 unspecified atom stereocenters. The van der Waals surface area contributed by atoms with Crippen molar-refractivity contribution in [1.82, 2.24) is 9.88 Å². The second-order valence-electron chi connectivity index (χ2n) is 5.42. The molecule has 7 heteroatoms. The Morgan fingerprint density at radius 1 is 1.60 bits per heavy atom. The first-order valence-corrected chi connectivity index (χ1v) is 7.21. The van der Waals surface area contributed by atoms with Crippen LogP contribution in [0, 0.1) is 5.92 Å². The molecule has 20 heavy (non-hydrogen) atoms. The highest BCUT2D eigenvalue weighted by molar-refractivity contribution is 9.10. The number of rotatable bonds is 4. The summed E-state index contributed by atoms with van der Waals surface area (Å²) in [5.74, 6) is 0.295. The lowest BCUT2D eigenvalue weighted by atomic mass is 9.97. The van der Waals surface area contributed by atoms with Crippen molar-refractivity contribution in [2.45, 2.75) is 25.3 Å². The molecule has 0 bridgehead atoms. The Balaban J connectivity index is 2.10. The average molecular weight is 344 g/mol. The van der Waals surface area contributed by atoms with Gasteiger partial charge in [-0.25, -0.2) is 4.79 Å². The predicted molar refractivity (Wildman–Crippen MR) is 79.8 cm³/mol. The summed E-state index contributed by atoms with van der Waals surface area (Å²) in [7, 11) is 1.61. The number of aromatic nitrogens is 1. The van der Waals surface area contributed by atoms with Crippen molar-refractivity contribution >= 4 is 27.6 Å². The molecule has 1 fully saturated rings. The number of carbonyl (C=O) groups is 1. The molecule has 1 atom stereocenters. The monoisotopic (exact) mass is 343 g/mol. The number of halogens is 1. The van der Waals surface area contributed by atoms with Crippen LogP contribution in [0.1, 0.15) is 19.8 Å². The van der Waals surface area contributed by atoms with Gasteiger partial charge in [0.15, 0.2) is 0 Å². The van der Waals surface area contributed by atoms with Crippen LogP contribution < -0.4 is 16.2 Å². The number of pyridine rings is 1. The molecule has 0 radical (unpaired) electrons. The predicted octanol–water partition coefficient (Wildman–Crippen LogP) is 1.43. The molecule has 2 amide bonds. The van der Waals surface area contributed by atoms with Crippen molar-refractivity contribution in [3.63, 3.8) is 0 Å². The van der Waals surface area contributed by atoms with E-state index in [0.717, 1.165) is 12.8 Å². The lowest BCUT2D eigenvalue weighted by Gasteiger charge is -2.28. The van der Waals surface area contributed by atoms with Gasteiger partial charge in [0.05, 0.1) is 12.1 Å². The molecule has 1 heterocycles. The van der Waals surface area contributed by atoms with E-state index in [1.807, 2.05) is 6.92 Å². The Hall–Kier alpha value is -1.34. The zero-order valence-electron chi connectivity index (χ0n) is 11.4. The number of hydrogen-bond acceptors (Lipinski definition) is 3. The average Bonchev–Trinajstić information content (AvgIpc) is 3.19. The number of anilines is 1. The molecule has 1 aliphatic carbocycles. The Morgan fingerprint density at radius 2 is 2.25 bits per heavy atom. The van der Waals surface area contributed by atoms with Crippen LogP contribution in [0.3, 0.4) is 0 Å². The molecule has 6 nitrogen and oxygen atoms in total. The number of carbonyl (C=O) groups excluding carboxylic acids is 1. The number of aliphatic hydroxyl groups excluding tert-OH is 1. The van der Waals surface area contributed by atoms with Gasteiger partial charge in [-0.1, -0.05) is 0 Å². The van der Waals surface area contributed by atoms with E-state index in [9.17, 15) is 14.7 Å². The fourth-order valence-corrected chi connectivity index (χ4v) is 2.70. The van der Waals surface area contributed by atoms with Gasteiger partial charge in [-0.05, 0) is 47.7 Å². The van der Waals surface area contributed by atoms with Crippen LogP contribution in [-0.2, 0) is 7.05 Å². The molecule has 2 rings (SSSR count). The van der Waals surface area contributed by atoms with E-state index < -0.39 is 11.6 Å². The van der Waals surface area contributed by atoms with Gasteiger partial charge in [0.1, 0.15) is 5.69 Å². The first kappa shape index (κ1) is 15.1. The topological polar surface area (TPSA) is 83.4 Å². The summed E-state index contributed by atoms with van der Waals surface area (Å²) in [6, 6.07) is 1.07. The Morgan fingerprint density at radius 3 is 2.80 bits per heavy atom. The third-order valence-electron chi connectivity index (χ3n) is 3.60. The Kier molecular flexibility index (Phi) is 4.19. The maximum Gasteiger partial charge on any atom is 0.319 e. The standard InChI is InChI=1S/C13H18BrN3O3/c1-13(7-18,8-3-4-8)16-12(20)15-10-5-9(14)6-17(2)11(10)19/h5-6,8,18H,3-4,7H2,1-2H3,(H2,15,16,20). The zero-order chi connectivity index (χ0) is 14.9. The second-order valence-corrected chi connectivity index (χ2v) is 6.33. The van der Waals surface area contributed by atoms with Gasteiger partial charge >= 0.3 is 6.03 Å². The highest BCUT2D eigenvalue weighted by atomic mass is 79.9. The van der Waals surface area contributed by atoms with Crippen LogP contribution in [-0.4, -0.2) is 27.9 Å². The van der Waals surface area contributed by atoms with E-state index in [2.05, 4.69) is 26.6 Å². The fourth-order valence-electron chi connectivity index (χ4n) is 2.16. The van der Waals surface area contributed by atoms with Crippen LogP contribution in [0.4, 0.5) is 10.5 Å². The van der Waals surface area contributed by atoms with Gasteiger partial charge < -0.3 is 20.3 Å². The van der Waals surface area contributed by atoms with E-state index in [1.54, 1.807) is 19.3 Å². The molecule has 110 valence electrons. The maximum atomic E-state index is 12.0. The first-order valence-electron chi connectivity index (χ1n) is 6.42. The molecular weight excluding hydrogens is 326 g/mol. The maximum absolute atomic E-state index is 12.0. The quantitative estimate of drug-likeness (QED) is 0.773. The number of nitrogens with zero attached hydrogens (tertiary/aromatic N) is 1. The number of nitrogens with one attached hydrogen (secondary N) is 2. The number of amides is 2. The number of urea groups is 1. The minimum Gasteiger partial charge on any atom is -0.394 e. The number of aliphatic hydroxyl groups is 1. The lowest BCUT2D eigenvalue weighted by Crippen LogP contribution is -2.52. The first-order chi connectivity index (χ1) is 9.35. The Labute approximate surface area is 125 Å². The molecule has 0 spiro atoms. The minimum atomic E-state index is -0.638. The molecule has 1 aromatic rings. The highest BCUT2D eigenvalue weighted by Gasteiger charge is 2.42. The molecular formula is C13H18BrN3O3. The van der Waals surface area contributed by atoms with Gasteiger partial charge in [-0.3, -0.25) is 4.79 Å². The molecule has 1 aromatic heterocycles. The number of hydrogen-bond donors (Lipinski definition) is 3. The summed E-state index contributed by atoms with van der Waals surface area (Å²) in [5, 5.41) is 14.7. The van der Waals surface area contributed by atoms with Crippen molar-refractivity contribution < 1.29 is 9.90 Å². The molecule has 0 aromatic carbocycles. The van der Waals surface area contributed by atoms with E-state index >= 15 is 0 Å². The van der Waals surface area contributed by atoms with Crippen LogP contribution in [0.15, 0.2) is 21.5 Å². The van der Waals surface area contributed by atoms with Crippen molar-refractivity contribution in [2.75, 3.05) is 11.9 Å². The van der Waals surface area contributed by atoms with Crippen molar-refractivity contribution in [3.8, 4) is 0 Å². The van der Waals surface area contributed by atoms with Crippen molar-refractivity contribution in [3.05, 3.63) is 27.1 Å². The second kappa shape index (κ2) is 5.57. The summed E-state index contributed by atoms with van der Waals surface area (Å²) in [5.41, 5.74) is -0.739. The van der Waals surface area contributed by atoms with Crippen LogP contribution in [0.2, 0.25) is 0 Å². The Bertz CT molecular complexity index is 583. The van der Waals surface area contributed by atoms with Gasteiger partial charge in [0, 0.05) is 17.7 Å². The van der Waals surface area contributed by atoms with E-state index in [4.69, 9.17) is 0 Å². The number of aryl methyl sites for hydroxylation is 1. The van der Waals surface area contributed by atoms with Crippen LogP contribution in [0.5, 0.6) is 0 Å². The lowest BCUT2D eigenvalue weighted by molar-refractivity contribution is 0.159. The molecule has 1 aliphatic rings. The summed E-state index contributed by atoms with van der Waals surface area (Å²) >= 11 is 3.27. The summed E-state index contributed by atoms with van der Waals surface area (Å²) in [4.78, 5) is 23.9. The van der Waals surface area contributed by atoms with E-state index in [-0.39, 0.29) is 17.9 Å². The third-order valence-corrected chi connectivity index (χ3v) is 4.04. The van der Waals surface area contributed by atoms with Crippen molar-refractivity contribution in [1.29, 1.82) is 0 Å². The SMILES string of the molecule is Cn1cc(Br)cc(NC(=O)NC(C)(CO)C2CC2)c1=O. The summed E-state index contributed by atoms with van der Waals surface area (Å²) in [6.07, 6.45) is 3.61. The van der Waals surface area contributed by atoms with Crippen LogP contribution in [0.25, 0.3) is 0 Å². The fraction of sp³-hybridized carbons (Fsp3) is 0.538. The molecule has 3 N–H and O–H groups in total. The summed E-state index contributed by atoms with van der Waals surface area (Å²) in [6.45, 7) is 1.69. The van der Waals surface area contributed by atoms with E-state index in [0.29, 0.717) is 10.4 Å². The summed E-state index contributed by atoms with van der Waals surface area (Å²) < 4.78 is 2.08. The smallest absolute Gasteiger partial charge is 0.319 e. The van der Waals surface area contributed by atoms with Gasteiger partial charge in [-0.2, -0.15) is 0 Å². The third kappa shape index (κ3) is 3.21. The largest absolute Gasteiger partial charge is 0.394 e. The zero-order valence-corrected chi connectivity index (χ0v) is 13.0. The van der Waals surface area contributed by atoms with Gasteiger partial charge in [-0.15, -0.1) is 0 Å². The molecule has 0 aliphatic heterocycles. The van der Waals surface area contributed by atoms with Crippen LogP contribution >= 0.6 is 15.9 Å². The normalized spacial score (nSPS) is 17.4.